The molecule has 0 aromatic carbocycles. The molecule has 0 saturated heterocycles. The van der Waals surface area contributed by atoms with E-state index in [0.29, 0.717) is 16.8 Å². The van der Waals surface area contributed by atoms with Gasteiger partial charge in [-0.2, -0.15) is 0 Å². The number of nitrogens with one attached hydrogen (secondary N) is 1. The molecule has 0 amide bonds. The number of aromatic nitrogens is 1. The van der Waals surface area contributed by atoms with Crippen LogP contribution in [-0.4, -0.2) is 16.6 Å². The van der Waals surface area contributed by atoms with Crippen molar-refractivity contribution in [1.82, 2.24) is 10.3 Å². The van der Waals surface area contributed by atoms with E-state index in [1.807, 2.05) is 19.2 Å². The highest BCUT2D eigenvalue weighted by Gasteiger charge is 2.13. The molecule has 1 atom stereocenters. The molecule has 4 heteroatoms. The highest BCUT2D eigenvalue weighted by molar-refractivity contribution is 6.31. The van der Waals surface area contributed by atoms with Crippen molar-refractivity contribution >= 4 is 11.6 Å². The summed E-state index contributed by atoms with van der Waals surface area (Å²) in [6.45, 7) is 13.5. The van der Waals surface area contributed by atoms with E-state index in [4.69, 9.17) is 16.3 Å². The Morgan fingerprint density at radius 2 is 1.95 bits per heavy atom. The Hall–Kier alpha value is -0.800. The summed E-state index contributed by atoms with van der Waals surface area (Å²) in [5.74, 6) is 1.12. The molecule has 1 rings (SSSR count). The minimum Gasteiger partial charge on any atom is -0.474 e. The van der Waals surface area contributed by atoms with E-state index in [1.54, 1.807) is 0 Å². The topological polar surface area (TPSA) is 34.1 Å². The summed E-state index contributed by atoms with van der Waals surface area (Å²) < 4.78 is 5.79. The summed E-state index contributed by atoms with van der Waals surface area (Å²) in [5, 5.41) is 3.99. The van der Waals surface area contributed by atoms with Crippen molar-refractivity contribution < 1.29 is 4.74 Å². The van der Waals surface area contributed by atoms with Gasteiger partial charge in [-0.1, -0.05) is 25.4 Å². The summed E-state index contributed by atoms with van der Waals surface area (Å²) in [6, 6.07) is 1.92. The number of ether oxygens (including phenoxy) is 1. The second-order valence-electron chi connectivity index (χ2n) is 6.79. The number of hydrogen-bond acceptors (Lipinski definition) is 3. The minimum atomic E-state index is 0.0768. The van der Waals surface area contributed by atoms with Crippen LogP contribution in [0.2, 0.25) is 5.02 Å². The van der Waals surface area contributed by atoms with Crippen LogP contribution in [0.4, 0.5) is 0 Å². The monoisotopic (exact) mass is 298 g/mol. The van der Waals surface area contributed by atoms with E-state index in [0.717, 1.165) is 18.5 Å². The molecule has 114 valence electrons. The predicted molar refractivity (Wildman–Crippen MR) is 85.4 cm³/mol. The van der Waals surface area contributed by atoms with E-state index in [1.165, 1.54) is 0 Å². The Morgan fingerprint density at radius 1 is 1.30 bits per heavy atom. The lowest BCUT2D eigenvalue weighted by Gasteiger charge is -2.21. The maximum Gasteiger partial charge on any atom is 0.232 e. The molecule has 0 bridgehead atoms. The molecular weight excluding hydrogens is 272 g/mol. The summed E-state index contributed by atoms with van der Waals surface area (Å²) in [6.07, 6.45) is 2.94. The third-order valence-electron chi connectivity index (χ3n) is 2.80. The molecular formula is C16H27ClN2O. The van der Waals surface area contributed by atoms with Crippen LogP contribution in [0.3, 0.4) is 0 Å². The number of nitrogens with zero attached hydrogens (tertiary/aromatic N) is 1. The molecule has 0 aliphatic heterocycles. The van der Waals surface area contributed by atoms with Crippen LogP contribution in [0.5, 0.6) is 5.88 Å². The lowest BCUT2D eigenvalue weighted by molar-refractivity contribution is 0.186. The number of rotatable bonds is 6. The molecule has 0 aliphatic carbocycles. The van der Waals surface area contributed by atoms with Gasteiger partial charge >= 0.3 is 0 Å². The number of halogens is 1. The fraction of sp³-hybridized carbons (Fsp3) is 0.688. The van der Waals surface area contributed by atoms with Gasteiger partial charge in [-0.25, -0.2) is 4.98 Å². The van der Waals surface area contributed by atoms with Gasteiger partial charge in [0.1, 0.15) is 5.02 Å². The lowest BCUT2D eigenvalue weighted by atomic mass is 10.1. The zero-order valence-corrected chi connectivity index (χ0v) is 14.2. The van der Waals surface area contributed by atoms with Crippen LogP contribution in [0.25, 0.3) is 0 Å². The van der Waals surface area contributed by atoms with E-state index < -0.39 is 0 Å². The summed E-state index contributed by atoms with van der Waals surface area (Å²) in [4.78, 5) is 4.33. The first-order valence-corrected chi connectivity index (χ1v) is 7.61. The van der Waals surface area contributed by atoms with E-state index in [2.05, 4.69) is 44.9 Å². The van der Waals surface area contributed by atoms with Gasteiger partial charge in [0.25, 0.3) is 0 Å². The van der Waals surface area contributed by atoms with E-state index in [9.17, 15) is 0 Å². The average Bonchev–Trinajstić information content (AvgIpc) is 2.27. The molecule has 0 fully saturated rings. The van der Waals surface area contributed by atoms with E-state index >= 15 is 0 Å². The third kappa shape index (κ3) is 6.58. The number of hydrogen-bond donors (Lipinski definition) is 1. The predicted octanol–water partition coefficient (Wildman–Crippen LogP) is 4.44. The maximum absolute atomic E-state index is 6.24. The van der Waals surface area contributed by atoms with Gasteiger partial charge in [0.2, 0.25) is 5.88 Å². The van der Waals surface area contributed by atoms with Crippen molar-refractivity contribution in [3.8, 4) is 5.88 Å². The zero-order chi connectivity index (χ0) is 15.3. The fourth-order valence-electron chi connectivity index (χ4n) is 1.92. The van der Waals surface area contributed by atoms with Crippen molar-refractivity contribution in [1.29, 1.82) is 0 Å². The van der Waals surface area contributed by atoms with Gasteiger partial charge in [0.15, 0.2) is 0 Å². The van der Waals surface area contributed by atoms with Crippen LogP contribution >= 0.6 is 11.6 Å². The minimum absolute atomic E-state index is 0.0768. The average molecular weight is 299 g/mol. The first-order chi connectivity index (χ1) is 9.17. The summed E-state index contributed by atoms with van der Waals surface area (Å²) >= 11 is 6.24. The maximum atomic E-state index is 6.24. The molecule has 0 spiro atoms. The number of pyridine rings is 1. The standard InChI is InChI=1S/C16H27ClN2O/c1-11(2)7-12(3)20-15-14(17)8-13(9-18-15)10-19-16(4,5)6/h8-9,11-12,19H,7,10H2,1-6H3. The van der Waals surface area contributed by atoms with Crippen LogP contribution in [0.1, 0.15) is 53.5 Å². The van der Waals surface area contributed by atoms with Gasteiger partial charge in [0.05, 0.1) is 6.10 Å². The SMILES string of the molecule is CC(C)CC(C)Oc1ncc(CNC(C)(C)C)cc1Cl. The van der Waals surface area contributed by atoms with Crippen molar-refractivity contribution in [2.45, 2.75) is 66.2 Å². The largest absolute Gasteiger partial charge is 0.474 e. The second-order valence-corrected chi connectivity index (χ2v) is 7.20. The van der Waals surface area contributed by atoms with Crippen molar-refractivity contribution in [2.24, 2.45) is 5.92 Å². The summed E-state index contributed by atoms with van der Waals surface area (Å²) in [7, 11) is 0. The summed E-state index contributed by atoms with van der Waals surface area (Å²) in [5.41, 5.74) is 1.14. The van der Waals surface area contributed by atoms with Gasteiger partial charge in [-0.05, 0) is 51.7 Å². The fourth-order valence-corrected chi connectivity index (χ4v) is 2.15. The third-order valence-corrected chi connectivity index (χ3v) is 3.07. The molecule has 1 heterocycles. The highest BCUT2D eigenvalue weighted by Crippen LogP contribution is 2.24. The molecule has 20 heavy (non-hydrogen) atoms. The molecule has 0 aliphatic rings. The molecule has 1 aromatic heterocycles. The Bertz CT molecular complexity index is 427. The van der Waals surface area contributed by atoms with Crippen molar-refractivity contribution in [3.05, 3.63) is 22.8 Å². The van der Waals surface area contributed by atoms with Crippen molar-refractivity contribution in [2.75, 3.05) is 0 Å². The first-order valence-electron chi connectivity index (χ1n) is 7.23. The highest BCUT2D eigenvalue weighted by atomic mass is 35.5. The van der Waals surface area contributed by atoms with Gasteiger partial charge < -0.3 is 10.1 Å². The van der Waals surface area contributed by atoms with Gasteiger partial charge in [-0.3, -0.25) is 0 Å². The quantitative estimate of drug-likeness (QED) is 0.843. The Balaban J connectivity index is 2.64. The van der Waals surface area contributed by atoms with Crippen LogP contribution in [0, 0.1) is 5.92 Å². The van der Waals surface area contributed by atoms with Crippen LogP contribution in [0.15, 0.2) is 12.3 Å². The lowest BCUT2D eigenvalue weighted by Crippen LogP contribution is -2.35. The molecule has 3 nitrogen and oxygen atoms in total. The normalized spacial score (nSPS) is 13.6. The smallest absolute Gasteiger partial charge is 0.232 e. The Labute approximate surface area is 128 Å². The van der Waals surface area contributed by atoms with Crippen molar-refractivity contribution in [3.63, 3.8) is 0 Å². The molecule has 1 N–H and O–H groups in total. The molecule has 0 saturated carbocycles. The van der Waals surface area contributed by atoms with Crippen LogP contribution in [-0.2, 0) is 6.54 Å². The van der Waals surface area contributed by atoms with Gasteiger partial charge in [0, 0.05) is 18.3 Å². The Morgan fingerprint density at radius 3 is 2.45 bits per heavy atom. The van der Waals surface area contributed by atoms with Crippen LogP contribution < -0.4 is 10.1 Å². The zero-order valence-electron chi connectivity index (χ0n) is 13.5. The Kier molecular flexibility index (Phi) is 6.28. The molecule has 1 aromatic rings. The molecule has 0 radical (unpaired) electrons. The first kappa shape index (κ1) is 17.3. The van der Waals surface area contributed by atoms with E-state index in [-0.39, 0.29) is 11.6 Å². The molecule has 1 unspecified atom stereocenters. The second kappa shape index (κ2) is 7.28. The van der Waals surface area contributed by atoms with Gasteiger partial charge in [-0.15, -0.1) is 0 Å².